The summed E-state index contributed by atoms with van der Waals surface area (Å²) in [5, 5.41) is 2.87. The van der Waals surface area contributed by atoms with E-state index in [1.807, 2.05) is 38.1 Å². The molecule has 2 N–H and O–H groups in total. The van der Waals surface area contributed by atoms with Crippen molar-refractivity contribution in [2.45, 2.75) is 46.3 Å². The summed E-state index contributed by atoms with van der Waals surface area (Å²) in [6.45, 7) is 5.25. The van der Waals surface area contributed by atoms with Crippen LogP contribution < -0.4 is 16.6 Å². The lowest BCUT2D eigenvalue weighted by Gasteiger charge is -2.09. The fourth-order valence-corrected chi connectivity index (χ4v) is 2.97. The van der Waals surface area contributed by atoms with Crippen LogP contribution in [-0.4, -0.2) is 25.0 Å². The largest absolute Gasteiger partial charge is 0.352 e. The maximum absolute atomic E-state index is 12.3. The SMILES string of the molecule is CCCC(=O)NCc1ccc(Cn2c(=O)[nH]c(=O)c3c2ncn3CC)cc1. The van der Waals surface area contributed by atoms with E-state index in [0.29, 0.717) is 37.2 Å². The number of fused-ring (bicyclic) bond motifs is 1. The summed E-state index contributed by atoms with van der Waals surface area (Å²) >= 11 is 0. The molecule has 0 unspecified atom stereocenters. The van der Waals surface area contributed by atoms with E-state index in [9.17, 15) is 14.4 Å². The lowest BCUT2D eigenvalue weighted by atomic mass is 10.1. The smallest absolute Gasteiger partial charge is 0.330 e. The quantitative estimate of drug-likeness (QED) is 0.657. The van der Waals surface area contributed by atoms with Crippen LogP contribution in [0.25, 0.3) is 11.2 Å². The predicted molar refractivity (Wildman–Crippen MR) is 103 cm³/mol. The van der Waals surface area contributed by atoms with E-state index in [0.717, 1.165) is 17.5 Å². The Morgan fingerprint density at radius 1 is 1.15 bits per heavy atom. The summed E-state index contributed by atoms with van der Waals surface area (Å²) in [5.74, 6) is 0.0373. The number of nitrogens with one attached hydrogen (secondary N) is 2. The van der Waals surface area contributed by atoms with Crippen molar-refractivity contribution in [3.63, 3.8) is 0 Å². The summed E-state index contributed by atoms with van der Waals surface area (Å²) in [5.41, 5.74) is 1.75. The Hall–Kier alpha value is -3.16. The van der Waals surface area contributed by atoms with Gasteiger partial charge in [-0.25, -0.2) is 9.78 Å². The maximum Gasteiger partial charge on any atom is 0.330 e. The van der Waals surface area contributed by atoms with Crippen LogP contribution in [0.15, 0.2) is 40.2 Å². The minimum absolute atomic E-state index is 0.0373. The van der Waals surface area contributed by atoms with Gasteiger partial charge >= 0.3 is 5.69 Å². The van der Waals surface area contributed by atoms with Gasteiger partial charge in [-0.05, 0) is 24.5 Å². The van der Waals surface area contributed by atoms with Gasteiger partial charge in [-0.3, -0.25) is 19.1 Å². The normalized spacial score (nSPS) is 11.0. The van der Waals surface area contributed by atoms with Crippen molar-refractivity contribution in [2.24, 2.45) is 0 Å². The van der Waals surface area contributed by atoms with E-state index in [1.54, 1.807) is 10.9 Å². The highest BCUT2D eigenvalue weighted by Gasteiger charge is 2.13. The van der Waals surface area contributed by atoms with Crippen molar-refractivity contribution in [1.82, 2.24) is 24.4 Å². The lowest BCUT2D eigenvalue weighted by molar-refractivity contribution is -0.121. The highest BCUT2D eigenvalue weighted by molar-refractivity contribution is 5.75. The molecule has 0 fully saturated rings. The van der Waals surface area contributed by atoms with Gasteiger partial charge < -0.3 is 9.88 Å². The highest BCUT2D eigenvalue weighted by Crippen LogP contribution is 2.10. The van der Waals surface area contributed by atoms with Crippen LogP contribution in [-0.2, 0) is 24.4 Å². The molecule has 1 aromatic carbocycles. The average Bonchev–Trinajstić information content (AvgIpc) is 3.09. The first-order valence-corrected chi connectivity index (χ1v) is 9.06. The Morgan fingerprint density at radius 2 is 1.85 bits per heavy atom. The van der Waals surface area contributed by atoms with Crippen LogP contribution in [0.2, 0.25) is 0 Å². The van der Waals surface area contributed by atoms with E-state index >= 15 is 0 Å². The van der Waals surface area contributed by atoms with Crippen molar-refractivity contribution in [3.8, 4) is 0 Å². The number of aromatic amines is 1. The van der Waals surface area contributed by atoms with Gasteiger partial charge in [0.15, 0.2) is 11.2 Å². The van der Waals surface area contributed by atoms with Gasteiger partial charge in [0.05, 0.1) is 12.9 Å². The van der Waals surface area contributed by atoms with Gasteiger partial charge in [0.1, 0.15) is 0 Å². The Kier molecular flexibility index (Phi) is 5.54. The van der Waals surface area contributed by atoms with E-state index in [1.165, 1.54) is 4.57 Å². The van der Waals surface area contributed by atoms with Crippen molar-refractivity contribution in [2.75, 3.05) is 0 Å². The van der Waals surface area contributed by atoms with Crippen molar-refractivity contribution in [1.29, 1.82) is 0 Å². The first-order chi connectivity index (χ1) is 13.0. The number of rotatable bonds is 7. The van der Waals surface area contributed by atoms with Crippen LogP contribution in [0.4, 0.5) is 0 Å². The summed E-state index contributed by atoms with van der Waals surface area (Å²) in [6, 6.07) is 7.64. The zero-order valence-corrected chi connectivity index (χ0v) is 15.5. The predicted octanol–water partition coefficient (Wildman–Crippen LogP) is 1.37. The molecule has 142 valence electrons. The molecule has 0 atom stereocenters. The Labute approximate surface area is 155 Å². The third-order valence-electron chi connectivity index (χ3n) is 4.43. The van der Waals surface area contributed by atoms with Gasteiger partial charge in [-0.15, -0.1) is 0 Å². The van der Waals surface area contributed by atoms with Crippen LogP contribution in [0.5, 0.6) is 0 Å². The molecule has 3 rings (SSSR count). The van der Waals surface area contributed by atoms with Gasteiger partial charge in [-0.2, -0.15) is 0 Å². The maximum atomic E-state index is 12.3. The number of carbonyl (C=O) groups excluding carboxylic acids is 1. The monoisotopic (exact) mass is 369 g/mol. The molecule has 0 aliphatic carbocycles. The first kappa shape index (κ1) is 18.6. The molecule has 0 saturated heterocycles. The molecule has 27 heavy (non-hydrogen) atoms. The molecule has 3 aromatic rings. The number of H-pyrrole nitrogens is 1. The Bertz CT molecular complexity index is 1060. The average molecular weight is 369 g/mol. The zero-order valence-electron chi connectivity index (χ0n) is 15.5. The summed E-state index contributed by atoms with van der Waals surface area (Å²) in [6.07, 6.45) is 2.91. The molecule has 0 radical (unpaired) electrons. The van der Waals surface area contributed by atoms with Gasteiger partial charge in [0.2, 0.25) is 5.91 Å². The van der Waals surface area contributed by atoms with E-state index in [4.69, 9.17) is 0 Å². The van der Waals surface area contributed by atoms with Gasteiger partial charge in [-0.1, -0.05) is 31.2 Å². The Morgan fingerprint density at radius 3 is 2.52 bits per heavy atom. The summed E-state index contributed by atoms with van der Waals surface area (Å²) in [7, 11) is 0. The standard InChI is InChI=1S/C19H23N5O3/c1-3-5-15(25)20-10-13-6-8-14(9-7-13)11-24-17-16(18(26)22-19(24)27)23(4-2)12-21-17/h6-9,12H,3-5,10-11H2,1-2H3,(H,20,25)(H,22,26,27). The van der Waals surface area contributed by atoms with Gasteiger partial charge in [0.25, 0.3) is 5.56 Å². The fraction of sp³-hybridized carbons (Fsp3) is 0.368. The molecule has 0 aliphatic rings. The number of aromatic nitrogens is 4. The summed E-state index contributed by atoms with van der Waals surface area (Å²) in [4.78, 5) is 42.5. The molecule has 2 heterocycles. The topological polar surface area (TPSA) is 102 Å². The molecule has 0 aliphatic heterocycles. The Balaban J connectivity index is 1.82. The number of hydrogen-bond acceptors (Lipinski definition) is 4. The van der Waals surface area contributed by atoms with Crippen LogP contribution in [0, 0.1) is 0 Å². The number of amides is 1. The second kappa shape index (κ2) is 8.03. The van der Waals surface area contributed by atoms with Crippen LogP contribution >= 0.6 is 0 Å². The third-order valence-corrected chi connectivity index (χ3v) is 4.43. The number of carbonyl (C=O) groups is 1. The third kappa shape index (κ3) is 3.99. The summed E-state index contributed by atoms with van der Waals surface area (Å²) < 4.78 is 3.17. The molecular formula is C19H23N5O3. The van der Waals surface area contributed by atoms with E-state index < -0.39 is 11.2 Å². The van der Waals surface area contributed by atoms with E-state index in [2.05, 4.69) is 15.3 Å². The number of nitrogens with zero attached hydrogens (tertiary/aromatic N) is 3. The lowest BCUT2D eigenvalue weighted by Crippen LogP contribution is -2.31. The molecule has 0 bridgehead atoms. The van der Waals surface area contributed by atoms with Crippen LogP contribution in [0.3, 0.4) is 0 Å². The van der Waals surface area contributed by atoms with Crippen molar-refractivity contribution < 1.29 is 4.79 Å². The number of aryl methyl sites for hydroxylation is 1. The van der Waals surface area contributed by atoms with Crippen molar-refractivity contribution in [3.05, 3.63) is 62.6 Å². The molecule has 8 heteroatoms. The number of benzene rings is 1. The molecule has 2 aromatic heterocycles. The molecular weight excluding hydrogens is 346 g/mol. The molecule has 8 nitrogen and oxygen atoms in total. The highest BCUT2D eigenvalue weighted by atomic mass is 16.2. The second-order valence-corrected chi connectivity index (χ2v) is 6.39. The molecule has 0 saturated carbocycles. The number of hydrogen-bond donors (Lipinski definition) is 2. The minimum Gasteiger partial charge on any atom is -0.352 e. The second-order valence-electron chi connectivity index (χ2n) is 6.39. The number of imidazole rings is 1. The van der Waals surface area contributed by atoms with Crippen molar-refractivity contribution >= 4 is 17.1 Å². The first-order valence-electron chi connectivity index (χ1n) is 9.06. The molecule has 0 spiro atoms. The van der Waals surface area contributed by atoms with Gasteiger partial charge in [0, 0.05) is 19.5 Å². The minimum atomic E-state index is -0.482. The fourth-order valence-electron chi connectivity index (χ4n) is 2.97. The molecule has 1 amide bonds. The van der Waals surface area contributed by atoms with Crippen LogP contribution in [0.1, 0.15) is 37.8 Å². The van der Waals surface area contributed by atoms with E-state index in [-0.39, 0.29) is 5.91 Å². The zero-order chi connectivity index (χ0) is 19.4.